The van der Waals surface area contributed by atoms with Crippen molar-refractivity contribution in [1.82, 2.24) is 4.90 Å². The van der Waals surface area contributed by atoms with Crippen LogP contribution in [-0.2, 0) is 11.3 Å². The molecule has 2 aliphatic rings. The first-order valence-electron chi connectivity index (χ1n) is 10.0. The van der Waals surface area contributed by atoms with E-state index in [-0.39, 0.29) is 23.8 Å². The van der Waals surface area contributed by atoms with Gasteiger partial charge in [-0.15, -0.1) is 0 Å². The molecule has 0 spiro atoms. The Bertz CT molecular complexity index is 951. The number of carbonyl (C=O) groups excluding carboxylic acids is 2. The van der Waals surface area contributed by atoms with Crippen LogP contribution >= 0.6 is 11.6 Å². The molecule has 4 rings (SSSR count). The van der Waals surface area contributed by atoms with Gasteiger partial charge in [-0.3, -0.25) is 9.59 Å². The smallest absolute Gasteiger partial charge is 0.254 e. The summed E-state index contributed by atoms with van der Waals surface area (Å²) in [4.78, 5) is 27.4. The number of carbonyl (C=O) groups is 2. The Kier molecular flexibility index (Phi) is 5.50. The number of hydrogen-bond donors (Lipinski definition) is 1. The van der Waals surface area contributed by atoms with Crippen LogP contribution in [0.15, 0.2) is 36.4 Å². The number of anilines is 1. The monoisotopic (exact) mass is 412 g/mol. The predicted octanol–water partition coefficient (Wildman–Crippen LogP) is 4.81. The third-order valence-electron chi connectivity index (χ3n) is 6.12. The van der Waals surface area contributed by atoms with E-state index >= 15 is 0 Å². The van der Waals surface area contributed by atoms with E-state index in [2.05, 4.69) is 5.32 Å². The fourth-order valence-electron chi connectivity index (χ4n) is 4.40. The second kappa shape index (κ2) is 8.07. The highest BCUT2D eigenvalue weighted by molar-refractivity contribution is 6.32. The number of nitrogens with zero attached hydrogens (tertiary/aromatic N) is 1. The fourth-order valence-corrected chi connectivity index (χ4v) is 4.64. The number of fused-ring (bicyclic) bond motifs is 1. The highest BCUT2D eigenvalue weighted by Gasteiger charge is 2.36. The van der Waals surface area contributed by atoms with E-state index in [1.54, 1.807) is 7.11 Å². The molecular weight excluding hydrogens is 388 g/mol. The minimum Gasteiger partial charge on any atom is -0.496 e. The minimum atomic E-state index is -0.0396. The number of nitrogens with one attached hydrogen (secondary N) is 1. The van der Waals surface area contributed by atoms with Gasteiger partial charge in [0.15, 0.2) is 0 Å². The quantitative estimate of drug-likeness (QED) is 0.783. The molecule has 1 saturated carbocycles. The highest BCUT2D eigenvalue weighted by Crippen LogP contribution is 2.36. The van der Waals surface area contributed by atoms with Crippen molar-refractivity contribution < 1.29 is 14.3 Å². The van der Waals surface area contributed by atoms with Gasteiger partial charge in [0.25, 0.3) is 5.91 Å². The first kappa shape index (κ1) is 19.8. The van der Waals surface area contributed by atoms with Crippen LogP contribution in [0.25, 0.3) is 0 Å². The second-order valence-electron chi connectivity index (χ2n) is 7.88. The molecule has 1 N–H and O–H groups in total. The topological polar surface area (TPSA) is 58.6 Å². The van der Waals surface area contributed by atoms with Crippen molar-refractivity contribution in [2.75, 3.05) is 12.4 Å². The third kappa shape index (κ3) is 3.84. The van der Waals surface area contributed by atoms with Crippen molar-refractivity contribution in [1.29, 1.82) is 0 Å². The summed E-state index contributed by atoms with van der Waals surface area (Å²) in [6.45, 7) is 2.54. The third-order valence-corrected chi connectivity index (χ3v) is 6.48. The predicted molar refractivity (Wildman–Crippen MR) is 113 cm³/mol. The van der Waals surface area contributed by atoms with Gasteiger partial charge in [-0.05, 0) is 56.4 Å². The van der Waals surface area contributed by atoms with Crippen LogP contribution in [0.5, 0.6) is 5.75 Å². The molecule has 2 aromatic rings. The summed E-state index contributed by atoms with van der Waals surface area (Å²) < 4.78 is 5.33. The molecule has 1 aliphatic heterocycles. The summed E-state index contributed by atoms with van der Waals surface area (Å²) in [7, 11) is 1.63. The lowest BCUT2D eigenvalue weighted by Crippen LogP contribution is -2.40. The SMILES string of the molecule is COc1cc(NC(=O)C2CCC(N3Cc4c(Cl)cccc4C3=O)CC2)ccc1C. The molecule has 2 amide bonds. The molecule has 152 valence electrons. The average molecular weight is 413 g/mol. The van der Waals surface area contributed by atoms with Crippen LogP contribution in [-0.4, -0.2) is 29.9 Å². The zero-order chi connectivity index (χ0) is 20.5. The minimum absolute atomic E-state index is 0.0356. The summed E-state index contributed by atoms with van der Waals surface area (Å²) >= 11 is 6.27. The molecule has 0 saturated heterocycles. The van der Waals surface area contributed by atoms with Crippen molar-refractivity contribution in [3.63, 3.8) is 0 Å². The Hall–Kier alpha value is -2.53. The Morgan fingerprint density at radius 1 is 1.17 bits per heavy atom. The van der Waals surface area contributed by atoms with E-state index in [1.165, 1.54) is 0 Å². The van der Waals surface area contributed by atoms with E-state index in [9.17, 15) is 9.59 Å². The summed E-state index contributed by atoms with van der Waals surface area (Å²) in [6, 6.07) is 11.3. The molecule has 1 fully saturated rings. The van der Waals surface area contributed by atoms with Crippen LogP contribution < -0.4 is 10.1 Å². The van der Waals surface area contributed by atoms with Crippen molar-refractivity contribution in [2.24, 2.45) is 5.92 Å². The number of benzene rings is 2. The lowest BCUT2D eigenvalue weighted by Gasteiger charge is -2.34. The Morgan fingerprint density at radius 3 is 2.62 bits per heavy atom. The summed E-state index contributed by atoms with van der Waals surface area (Å²) in [5.74, 6) is 0.815. The van der Waals surface area contributed by atoms with Crippen molar-refractivity contribution >= 4 is 29.1 Å². The van der Waals surface area contributed by atoms with E-state index in [0.29, 0.717) is 17.1 Å². The molecule has 29 heavy (non-hydrogen) atoms. The standard InChI is InChI=1S/C23H25ClN2O3/c1-14-6-9-16(12-21(14)29-2)25-22(27)15-7-10-17(11-8-15)26-13-19-18(23(26)28)4-3-5-20(19)24/h3-6,9,12,15,17H,7-8,10-11,13H2,1-2H3,(H,25,27). The maximum Gasteiger partial charge on any atom is 0.254 e. The van der Waals surface area contributed by atoms with Gasteiger partial charge in [0.1, 0.15) is 5.75 Å². The molecule has 6 heteroatoms. The van der Waals surface area contributed by atoms with Crippen molar-refractivity contribution in [3.05, 3.63) is 58.1 Å². The summed E-state index contributed by atoms with van der Waals surface area (Å²) in [6.07, 6.45) is 3.19. The van der Waals surface area contributed by atoms with Crippen LogP contribution in [0.1, 0.15) is 47.2 Å². The summed E-state index contributed by atoms with van der Waals surface area (Å²) in [5.41, 5.74) is 3.42. The highest BCUT2D eigenvalue weighted by atomic mass is 35.5. The van der Waals surface area contributed by atoms with E-state index in [0.717, 1.165) is 48.2 Å². The van der Waals surface area contributed by atoms with E-state index in [4.69, 9.17) is 16.3 Å². The number of hydrogen-bond acceptors (Lipinski definition) is 3. The molecule has 5 nitrogen and oxygen atoms in total. The van der Waals surface area contributed by atoms with Crippen LogP contribution in [0.3, 0.4) is 0 Å². The lowest BCUT2D eigenvalue weighted by atomic mass is 9.84. The first-order valence-corrected chi connectivity index (χ1v) is 10.4. The van der Waals surface area contributed by atoms with Gasteiger partial charge in [-0.25, -0.2) is 0 Å². The van der Waals surface area contributed by atoms with Crippen molar-refractivity contribution in [3.8, 4) is 5.75 Å². The molecule has 0 aromatic heterocycles. The lowest BCUT2D eigenvalue weighted by molar-refractivity contribution is -0.121. The van der Waals surface area contributed by atoms with Crippen LogP contribution in [0, 0.1) is 12.8 Å². The van der Waals surface area contributed by atoms with Gasteiger partial charge >= 0.3 is 0 Å². The number of aryl methyl sites for hydroxylation is 1. The Labute approximate surface area is 176 Å². The number of methoxy groups -OCH3 is 1. The average Bonchev–Trinajstić information content (AvgIpc) is 3.07. The Balaban J connectivity index is 1.36. The van der Waals surface area contributed by atoms with Gasteiger partial charge in [-0.2, -0.15) is 0 Å². The van der Waals surface area contributed by atoms with Crippen LogP contribution in [0.2, 0.25) is 5.02 Å². The number of halogens is 1. The molecule has 2 aromatic carbocycles. The molecule has 0 unspecified atom stereocenters. The molecule has 0 radical (unpaired) electrons. The van der Waals surface area contributed by atoms with Gasteiger partial charge in [-0.1, -0.05) is 23.7 Å². The van der Waals surface area contributed by atoms with Gasteiger partial charge in [0.2, 0.25) is 5.91 Å². The van der Waals surface area contributed by atoms with Crippen molar-refractivity contribution in [2.45, 2.75) is 45.2 Å². The zero-order valence-corrected chi connectivity index (χ0v) is 17.5. The van der Waals surface area contributed by atoms with E-state index < -0.39 is 0 Å². The second-order valence-corrected chi connectivity index (χ2v) is 8.29. The largest absolute Gasteiger partial charge is 0.496 e. The maximum atomic E-state index is 12.8. The van der Waals surface area contributed by atoms with Gasteiger partial charge < -0.3 is 15.0 Å². The van der Waals surface area contributed by atoms with E-state index in [1.807, 2.05) is 48.2 Å². The molecule has 1 aliphatic carbocycles. The Morgan fingerprint density at radius 2 is 1.93 bits per heavy atom. The molecule has 1 heterocycles. The molecule has 0 atom stereocenters. The molecule has 0 bridgehead atoms. The number of amides is 2. The normalized spacial score (nSPS) is 21.1. The van der Waals surface area contributed by atoms with Gasteiger partial charge in [0, 0.05) is 46.4 Å². The zero-order valence-electron chi connectivity index (χ0n) is 16.7. The van der Waals surface area contributed by atoms with Gasteiger partial charge in [0.05, 0.1) is 7.11 Å². The van der Waals surface area contributed by atoms with Crippen LogP contribution in [0.4, 0.5) is 5.69 Å². The fraction of sp³-hybridized carbons (Fsp3) is 0.391. The first-order chi connectivity index (χ1) is 14.0. The summed E-state index contributed by atoms with van der Waals surface area (Å²) in [5, 5.41) is 3.66. The number of ether oxygens (including phenoxy) is 1. The number of rotatable bonds is 4. The maximum absolute atomic E-state index is 12.8. The molecular formula is C23H25ClN2O3.